The molecule has 0 saturated carbocycles. The highest BCUT2D eigenvalue weighted by molar-refractivity contribution is 6.69. The molecular weight excluding hydrogens is 390 g/mol. The Morgan fingerprint density at radius 1 is 1.18 bits per heavy atom. The first kappa shape index (κ1) is 23.5. The fourth-order valence-electron chi connectivity index (χ4n) is 2.36. The number of pyridine rings is 1. The molecule has 0 amide bonds. The van der Waals surface area contributed by atoms with Gasteiger partial charge in [0, 0.05) is 36.7 Å². The molecule has 10 heteroatoms. The number of aliphatic hydroxyl groups is 1. The molecule has 0 bridgehead atoms. The lowest BCUT2D eigenvalue weighted by atomic mass is 10.1. The molecule has 1 aliphatic rings. The summed E-state index contributed by atoms with van der Waals surface area (Å²) >= 11 is 5.99. The number of carbonyl (C=O) groups is 2. The minimum Gasteiger partial charge on any atom is -0.478 e. The number of oxime groups is 1. The second kappa shape index (κ2) is 13.6. The second-order valence-corrected chi connectivity index (χ2v) is 6.30. The summed E-state index contributed by atoms with van der Waals surface area (Å²) in [6.07, 6.45) is 7.55. The van der Waals surface area contributed by atoms with Crippen LogP contribution in [0.3, 0.4) is 0 Å². The van der Waals surface area contributed by atoms with Crippen molar-refractivity contribution in [3.8, 4) is 0 Å². The maximum atomic E-state index is 9.90. The zero-order valence-electron chi connectivity index (χ0n) is 15.3. The van der Waals surface area contributed by atoms with E-state index in [0.29, 0.717) is 18.7 Å². The number of aromatic nitrogens is 1. The molecule has 9 nitrogen and oxygen atoms in total. The molecule has 2 heterocycles. The zero-order chi connectivity index (χ0) is 20.8. The Morgan fingerprint density at radius 2 is 1.75 bits per heavy atom. The first-order valence-corrected chi connectivity index (χ1v) is 9.06. The van der Waals surface area contributed by atoms with Crippen LogP contribution >= 0.6 is 11.6 Å². The number of aliphatic hydroxyl groups excluding tert-OH is 1. The molecule has 154 valence electrons. The Balaban J connectivity index is 0.000000416. The third-order valence-electron chi connectivity index (χ3n) is 3.62. The molecule has 1 aliphatic heterocycles. The molecule has 28 heavy (non-hydrogen) atoms. The van der Waals surface area contributed by atoms with E-state index in [1.54, 1.807) is 24.5 Å². The molecule has 2 rings (SSSR count). The molecule has 0 radical (unpaired) electrons. The Morgan fingerprint density at radius 3 is 2.29 bits per heavy atom. The standard InChI is InChI=1S/C14H20ClN3O2.C4H4O4/c15-14(12-4-6-16-7-5-12)17-20-11-13(19)10-18-8-2-1-3-9-18;5-3(6)1-2-4(7)8/h4-7,13,19H,1-3,8-11H2;1-2H,(H,5,6)(H,7,8)/b;2-1-. The van der Waals surface area contributed by atoms with Gasteiger partial charge in [0.2, 0.25) is 0 Å². The molecule has 1 fully saturated rings. The second-order valence-electron chi connectivity index (χ2n) is 5.94. The zero-order valence-corrected chi connectivity index (χ0v) is 16.0. The van der Waals surface area contributed by atoms with Crippen LogP contribution in [0.5, 0.6) is 0 Å². The summed E-state index contributed by atoms with van der Waals surface area (Å²) in [5.74, 6) is -2.51. The van der Waals surface area contributed by atoms with Crippen molar-refractivity contribution in [3.63, 3.8) is 0 Å². The molecule has 1 unspecified atom stereocenters. The van der Waals surface area contributed by atoms with Gasteiger partial charge in [-0.15, -0.1) is 0 Å². The van der Waals surface area contributed by atoms with Gasteiger partial charge in [-0.1, -0.05) is 23.2 Å². The first-order valence-electron chi connectivity index (χ1n) is 8.68. The van der Waals surface area contributed by atoms with Gasteiger partial charge in [0.1, 0.15) is 12.7 Å². The van der Waals surface area contributed by atoms with Crippen LogP contribution in [0.2, 0.25) is 0 Å². The van der Waals surface area contributed by atoms with Gasteiger partial charge in [0.25, 0.3) is 0 Å². The van der Waals surface area contributed by atoms with Crippen molar-refractivity contribution in [2.24, 2.45) is 5.16 Å². The number of rotatable bonds is 8. The number of hydrogen-bond acceptors (Lipinski definition) is 7. The molecule has 3 N–H and O–H groups in total. The van der Waals surface area contributed by atoms with Crippen molar-refractivity contribution in [3.05, 3.63) is 42.2 Å². The van der Waals surface area contributed by atoms with Crippen LogP contribution in [0.25, 0.3) is 0 Å². The number of nitrogens with zero attached hydrogens (tertiary/aromatic N) is 3. The molecule has 0 aliphatic carbocycles. The van der Waals surface area contributed by atoms with Crippen LogP contribution in [-0.4, -0.2) is 74.7 Å². The third kappa shape index (κ3) is 11.3. The van der Waals surface area contributed by atoms with Gasteiger partial charge < -0.3 is 25.1 Å². The van der Waals surface area contributed by atoms with E-state index in [1.165, 1.54) is 19.3 Å². The lowest BCUT2D eigenvalue weighted by Gasteiger charge is -2.27. The normalized spacial score (nSPS) is 16.1. The number of piperidine rings is 1. The quantitative estimate of drug-likeness (QED) is 0.332. The molecule has 1 aromatic heterocycles. The van der Waals surface area contributed by atoms with E-state index in [4.69, 9.17) is 26.7 Å². The van der Waals surface area contributed by atoms with Gasteiger partial charge in [-0.2, -0.15) is 0 Å². The van der Waals surface area contributed by atoms with Crippen molar-refractivity contribution in [2.75, 3.05) is 26.2 Å². The molecule has 0 aromatic carbocycles. The van der Waals surface area contributed by atoms with Crippen LogP contribution in [0.4, 0.5) is 0 Å². The largest absolute Gasteiger partial charge is 0.478 e. The van der Waals surface area contributed by atoms with Gasteiger partial charge in [0.05, 0.1) is 0 Å². The van der Waals surface area contributed by atoms with Crippen LogP contribution in [0.15, 0.2) is 41.8 Å². The molecule has 1 saturated heterocycles. The number of hydrogen-bond donors (Lipinski definition) is 3. The van der Waals surface area contributed by atoms with Crippen molar-refractivity contribution >= 4 is 28.7 Å². The molecule has 1 atom stereocenters. The summed E-state index contributed by atoms with van der Waals surface area (Å²) in [5.41, 5.74) is 0.743. The molecule has 1 aromatic rings. The van der Waals surface area contributed by atoms with Gasteiger partial charge in [-0.25, -0.2) is 9.59 Å². The third-order valence-corrected chi connectivity index (χ3v) is 3.90. The van der Waals surface area contributed by atoms with Crippen LogP contribution in [-0.2, 0) is 14.4 Å². The first-order chi connectivity index (χ1) is 13.4. The number of likely N-dealkylation sites (tertiary alicyclic amines) is 1. The van der Waals surface area contributed by atoms with Crippen molar-refractivity contribution in [2.45, 2.75) is 25.4 Å². The summed E-state index contributed by atoms with van der Waals surface area (Å²) in [7, 11) is 0. The monoisotopic (exact) mass is 413 g/mol. The van der Waals surface area contributed by atoms with E-state index in [2.05, 4.69) is 15.0 Å². The van der Waals surface area contributed by atoms with E-state index in [1.807, 2.05) is 0 Å². The van der Waals surface area contributed by atoms with Crippen LogP contribution in [0.1, 0.15) is 24.8 Å². The lowest BCUT2D eigenvalue weighted by molar-refractivity contribution is -0.134. The Kier molecular flexibility index (Phi) is 11.5. The van der Waals surface area contributed by atoms with Gasteiger partial charge in [-0.3, -0.25) is 4.98 Å². The topological polar surface area (TPSA) is 133 Å². The highest BCUT2D eigenvalue weighted by Gasteiger charge is 2.15. The van der Waals surface area contributed by atoms with E-state index >= 15 is 0 Å². The van der Waals surface area contributed by atoms with Crippen molar-refractivity contribution in [1.29, 1.82) is 0 Å². The minimum absolute atomic E-state index is 0.151. The Bertz CT molecular complexity index is 647. The number of aliphatic carboxylic acids is 2. The summed E-state index contributed by atoms with van der Waals surface area (Å²) in [5, 5.41) is 29.6. The van der Waals surface area contributed by atoms with Crippen LogP contribution < -0.4 is 0 Å². The van der Waals surface area contributed by atoms with Gasteiger partial charge in [-0.05, 0) is 38.1 Å². The summed E-state index contributed by atoms with van der Waals surface area (Å²) in [4.78, 5) is 30.4. The fourth-order valence-corrected chi connectivity index (χ4v) is 2.53. The van der Waals surface area contributed by atoms with E-state index in [9.17, 15) is 14.7 Å². The Labute approximate surface area is 167 Å². The van der Waals surface area contributed by atoms with Gasteiger partial charge in [0.15, 0.2) is 5.17 Å². The maximum Gasteiger partial charge on any atom is 0.328 e. The van der Waals surface area contributed by atoms with E-state index in [0.717, 1.165) is 18.7 Å². The van der Waals surface area contributed by atoms with Crippen molar-refractivity contribution < 1.29 is 29.7 Å². The molecular formula is C18H24ClN3O6. The summed E-state index contributed by atoms with van der Waals surface area (Å²) < 4.78 is 0. The van der Waals surface area contributed by atoms with E-state index < -0.39 is 18.0 Å². The van der Waals surface area contributed by atoms with Crippen molar-refractivity contribution in [1.82, 2.24) is 9.88 Å². The predicted octanol–water partition coefficient (Wildman–Crippen LogP) is 1.56. The van der Waals surface area contributed by atoms with Crippen LogP contribution in [0, 0.1) is 0 Å². The van der Waals surface area contributed by atoms with Gasteiger partial charge >= 0.3 is 11.9 Å². The lowest BCUT2D eigenvalue weighted by Crippen LogP contribution is -2.38. The SMILES string of the molecule is O=C(O)/C=C\C(=O)O.OC(CON=C(Cl)c1ccncc1)CN1CCCCC1. The summed E-state index contributed by atoms with van der Waals surface area (Å²) in [6, 6.07) is 3.50. The van der Waals surface area contributed by atoms with E-state index in [-0.39, 0.29) is 11.8 Å². The number of halogens is 1. The highest BCUT2D eigenvalue weighted by atomic mass is 35.5. The molecule has 0 spiro atoms. The number of β-amino-alcohol motifs (C(OH)–C–C–N with tert-alkyl or cyclic N) is 1. The highest BCUT2D eigenvalue weighted by Crippen LogP contribution is 2.09. The average Bonchev–Trinajstić information content (AvgIpc) is 2.68. The maximum absolute atomic E-state index is 9.90. The summed E-state index contributed by atoms with van der Waals surface area (Å²) in [6.45, 7) is 2.89. The number of carboxylic acids is 2. The smallest absolute Gasteiger partial charge is 0.328 e. The Hall–Kier alpha value is -2.49. The minimum atomic E-state index is -1.26. The average molecular weight is 414 g/mol. The predicted molar refractivity (Wildman–Crippen MR) is 103 cm³/mol. The fraction of sp³-hybridized carbons (Fsp3) is 0.444. The number of carboxylic acid groups (broad SMARTS) is 2.